The minimum atomic E-state index is -0.775. The molecule has 0 atom stereocenters. The van der Waals surface area contributed by atoms with Crippen LogP contribution in [0.1, 0.15) is 20.8 Å². The number of hydrogen-bond acceptors (Lipinski definition) is 7. The number of phenolic OH excluding ortho intramolecular Hbond substituents is 1. The van der Waals surface area contributed by atoms with Crippen LogP contribution in [0.4, 0.5) is 5.69 Å². The van der Waals surface area contributed by atoms with Crippen molar-refractivity contribution in [1.29, 1.82) is 0 Å². The minimum absolute atomic E-state index is 0.0959. The number of aromatic nitrogens is 2. The maximum absolute atomic E-state index is 12.6. The summed E-state index contributed by atoms with van der Waals surface area (Å²) >= 11 is 0. The number of rotatable bonds is 5. The molecule has 3 aromatic rings. The average Bonchev–Trinajstić information content (AvgIpc) is 3.13. The number of methoxy groups -OCH3 is 2. The van der Waals surface area contributed by atoms with Crippen LogP contribution >= 0.6 is 0 Å². The molecular weight excluding hydrogens is 362 g/mol. The van der Waals surface area contributed by atoms with E-state index in [2.05, 4.69) is 10.4 Å². The second-order valence-electron chi connectivity index (χ2n) is 5.75. The number of hydrogen-bond donors (Lipinski definition) is 2. The van der Waals surface area contributed by atoms with E-state index in [0.29, 0.717) is 11.4 Å². The molecule has 0 aliphatic heterocycles. The second-order valence-corrected chi connectivity index (χ2v) is 5.75. The summed E-state index contributed by atoms with van der Waals surface area (Å²) in [4.78, 5) is 25.2. The summed E-state index contributed by atoms with van der Waals surface area (Å²) in [6.45, 7) is 0. The van der Waals surface area contributed by atoms with E-state index < -0.39 is 11.9 Å². The summed E-state index contributed by atoms with van der Waals surface area (Å²) in [7, 11) is 4.09. The number of carbonyl (C=O) groups is 2. The molecule has 0 spiro atoms. The Bertz CT molecular complexity index is 1030. The van der Waals surface area contributed by atoms with Gasteiger partial charge in [0.05, 0.1) is 25.5 Å². The van der Waals surface area contributed by atoms with Crippen LogP contribution in [0.5, 0.6) is 5.75 Å². The summed E-state index contributed by atoms with van der Waals surface area (Å²) in [5, 5.41) is 17.9. The Balaban J connectivity index is 2.43. The summed E-state index contributed by atoms with van der Waals surface area (Å²) in [6.07, 6.45) is 0. The molecule has 0 radical (unpaired) electrons. The van der Waals surface area contributed by atoms with Gasteiger partial charge >= 0.3 is 11.9 Å². The lowest BCUT2D eigenvalue weighted by Gasteiger charge is -2.10. The Morgan fingerprint density at radius 1 is 1.00 bits per heavy atom. The molecule has 1 aromatic heterocycles. The first-order valence-corrected chi connectivity index (χ1v) is 8.38. The number of anilines is 1. The number of nitrogens with one attached hydrogen (secondary N) is 1. The van der Waals surface area contributed by atoms with Crippen molar-refractivity contribution in [3.8, 4) is 22.7 Å². The van der Waals surface area contributed by atoms with E-state index >= 15 is 0 Å². The molecule has 144 valence electrons. The standard InChI is InChI=1S/C20H19N3O5/c1-21-13-10-7-11-14(24)15(13)17-16(19(25)27-2)18(20(26)28-3)23(22-17)12-8-5-4-6-9-12/h4-11,21,24H,1-3H3. The predicted molar refractivity (Wildman–Crippen MR) is 103 cm³/mol. The molecule has 8 nitrogen and oxygen atoms in total. The zero-order chi connectivity index (χ0) is 20.3. The largest absolute Gasteiger partial charge is 0.507 e. The Kier molecular flexibility index (Phi) is 5.30. The number of phenols is 1. The molecule has 0 bridgehead atoms. The van der Waals surface area contributed by atoms with Gasteiger partial charge in [-0.25, -0.2) is 14.3 Å². The first-order chi connectivity index (χ1) is 13.5. The predicted octanol–water partition coefficient (Wildman–Crippen LogP) is 2.86. The van der Waals surface area contributed by atoms with Crippen LogP contribution in [0.2, 0.25) is 0 Å². The molecule has 0 aliphatic carbocycles. The maximum Gasteiger partial charge on any atom is 0.357 e. The highest BCUT2D eigenvalue weighted by atomic mass is 16.5. The molecule has 0 saturated carbocycles. The fourth-order valence-electron chi connectivity index (χ4n) is 2.93. The molecule has 0 unspecified atom stereocenters. The third-order valence-electron chi connectivity index (χ3n) is 4.20. The van der Waals surface area contributed by atoms with Gasteiger partial charge in [0.15, 0.2) is 5.69 Å². The Morgan fingerprint density at radius 3 is 2.29 bits per heavy atom. The molecule has 2 aromatic carbocycles. The van der Waals surface area contributed by atoms with Gasteiger partial charge in [-0.15, -0.1) is 0 Å². The Hall–Kier alpha value is -3.81. The zero-order valence-electron chi connectivity index (χ0n) is 15.6. The quantitative estimate of drug-likeness (QED) is 0.655. The third kappa shape index (κ3) is 3.16. The molecule has 28 heavy (non-hydrogen) atoms. The maximum atomic E-state index is 12.6. The summed E-state index contributed by atoms with van der Waals surface area (Å²) in [5.74, 6) is -1.64. The van der Waals surface area contributed by atoms with Gasteiger partial charge in [0.1, 0.15) is 17.0 Å². The van der Waals surface area contributed by atoms with Crippen LogP contribution < -0.4 is 5.32 Å². The summed E-state index contributed by atoms with van der Waals surface area (Å²) < 4.78 is 11.1. The van der Waals surface area contributed by atoms with Gasteiger partial charge in [-0.2, -0.15) is 5.10 Å². The van der Waals surface area contributed by atoms with Crippen molar-refractivity contribution in [3.63, 3.8) is 0 Å². The van der Waals surface area contributed by atoms with Crippen molar-refractivity contribution in [3.05, 3.63) is 59.8 Å². The van der Waals surface area contributed by atoms with E-state index in [-0.39, 0.29) is 28.3 Å². The van der Waals surface area contributed by atoms with Crippen molar-refractivity contribution < 1.29 is 24.2 Å². The fourth-order valence-corrected chi connectivity index (χ4v) is 2.93. The first-order valence-electron chi connectivity index (χ1n) is 8.38. The number of ether oxygens (including phenoxy) is 2. The highest BCUT2D eigenvalue weighted by Gasteiger charge is 2.33. The van der Waals surface area contributed by atoms with Crippen molar-refractivity contribution in [2.45, 2.75) is 0 Å². The smallest absolute Gasteiger partial charge is 0.357 e. The molecule has 3 rings (SSSR count). The van der Waals surface area contributed by atoms with Gasteiger partial charge in [-0.1, -0.05) is 24.3 Å². The highest BCUT2D eigenvalue weighted by molar-refractivity contribution is 6.08. The minimum Gasteiger partial charge on any atom is -0.507 e. The molecule has 1 heterocycles. The number of para-hydroxylation sites is 1. The van der Waals surface area contributed by atoms with E-state index in [1.54, 1.807) is 43.4 Å². The molecule has 2 N–H and O–H groups in total. The third-order valence-corrected chi connectivity index (χ3v) is 4.20. The van der Waals surface area contributed by atoms with Gasteiger partial charge in [-0.3, -0.25) is 0 Å². The molecule has 0 fully saturated rings. The zero-order valence-corrected chi connectivity index (χ0v) is 15.6. The van der Waals surface area contributed by atoms with Crippen molar-refractivity contribution in [1.82, 2.24) is 9.78 Å². The molecule has 0 amide bonds. The van der Waals surface area contributed by atoms with Crippen molar-refractivity contribution in [2.75, 3.05) is 26.6 Å². The lowest BCUT2D eigenvalue weighted by atomic mass is 10.0. The normalized spacial score (nSPS) is 10.4. The van der Waals surface area contributed by atoms with Crippen LogP contribution in [0, 0.1) is 0 Å². The van der Waals surface area contributed by atoms with Gasteiger partial charge in [0, 0.05) is 12.7 Å². The van der Waals surface area contributed by atoms with E-state index in [1.165, 1.54) is 25.0 Å². The SMILES string of the molecule is CNc1cccc(O)c1-c1nn(-c2ccccc2)c(C(=O)OC)c1C(=O)OC. The van der Waals surface area contributed by atoms with Crippen LogP contribution in [0.25, 0.3) is 16.9 Å². The van der Waals surface area contributed by atoms with Gasteiger partial charge < -0.3 is 19.9 Å². The van der Waals surface area contributed by atoms with Gasteiger partial charge in [0.2, 0.25) is 0 Å². The van der Waals surface area contributed by atoms with Crippen molar-refractivity contribution in [2.24, 2.45) is 0 Å². The number of carbonyl (C=O) groups excluding carboxylic acids is 2. The second kappa shape index (κ2) is 7.83. The van der Waals surface area contributed by atoms with E-state index in [9.17, 15) is 14.7 Å². The lowest BCUT2D eigenvalue weighted by molar-refractivity contribution is 0.0549. The first kappa shape index (κ1) is 19.0. The Labute approximate surface area is 161 Å². The number of nitrogens with zero attached hydrogens (tertiary/aromatic N) is 2. The average molecular weight is 381 g/mol. The number of aromatic hydroxyl groups is 1. The van der Waals surface area contributed by atoms with Crippen molar-refractivity contribution >= 4 is 17.6 Å². The number of esters is 2. The van der Waals surface area contributed by atoms with Gasteiger partial charge in [-0.05, 0) is 24.3 Å². The fraction of sp³-hybridized carbons (Fsp3) is 0.150. The Morgan fingerprint density at radius 2 is 1.68 bits per heavy atom. The van der Waals surface area contributed by atoms with Crippen LogP contribution in [0.15, 0.2) is 48.5 Å². The van der Waals surface area contributed by atoms with E-state index in [1.807, 2.05) is 6.07 Å². The van der Waals surface area contributed by atoms with Crippen LogP contribution in [-0.2, 0) is 9.47 Å². The molecule has 0 saturated heterocycles. The van der Waals surface area contributed by atoms with Gasteiger partial charge in [0.25, 0.3) is 0 Å². The highest BCUT2D eigenvalue weighted by Crippen LogP contribution is 2.39. The van der Waals surface area contributed by atoms with Crippen LogP contribution in [0.3, 0.4) is 0 Å². The van der Waals surface area contributed by atoms with E-state index in [4.69, 9.17) is 9.47 Å². The molecule has 0 aliphatic rings. The lowest BCUT2D eigenvalue weighted by Crippen LogP contribution is -2.15. The summed E-state index contributed by atoms with van der Waals surface area (Å²) in [5.41, 5.74) is 1.24. The van der Waals surface area contributed by atoms with Crippen LogP contribution in [-0.4, -0.2) is 48.1 Å². The van der Waals surface area contributed by atoms with E-state index in [0.717, 1.165) is 0 Å². The summed E-state index contributed by atoms with van der Waals surface area (Å²) in [6, 6.07) is 13.7. The molecular formula is C20H19N3O5. The molecule has 8 heteroatoms. The number of benzene rings is 2. The monoisotopic (exact) mass is 381 g/mol. The topological polar surface area (TPSA) is 103 Å².